The molecule has 1 aliphatic carbocycles. The molecule has 4 heterocycles. The van der Waals surface area contributed by atoms with Crippen LogP contribution in [0.4, 0.5) is 20.4 Å². The number of hydrogen-bond donors (Lipinski definition) is 2. The van der Waals surface area contributed by atoms with Crippen molar-refractivity contribution in [3.05, 3.63) is 71.7 Å². The zero-order valence-corrected chi connectivity index (χ0v) is 20.5. The van der Waals surface area contributed by atoms with Crippen LogP contribution in [0.3, 0.4) is 0 Å². The zero-order chi connectivity index (χ0) is 25.4. The Labute approximate surface area is 214 Å². The first-order chi connectivity index (χ1) is 18.1. The highest BCUT2D eigenvalue weighted by molar-refractivity contribution is 5.66. The minimum atomic E-state index is -0.619. The van der Waals surface area contributed by atoms with Gasteiger partial charge < -0.3 is 15.8 Å². The number of pyridine rings is 1. The lowest BCUT2D eigenvalue weighted by atomic mass is 9.81. The Bertz CT molecular complexity index is 1390. The van der Waals surface area contributed by atoms with E-state index in [0.717, 1.165) is 49.8 Å². The van der Waals surface area contributed by atoms with Crippen LogP contribution in [-0.2, 0) is 4.74 Å². The zero-order valence-electron chi connectivity index (χ0n) is 20.5. The Balaban J connectivity index is 1.33. The summed E-state index contributed by atoms with van der Waals surface area (Å²) in [6.45, 7) is 1.22. The number of ether oxygens (including phenoxy) is 1. The second-order valence-corrected chi connectivity index (χ2v) is 10.1. The van der Waals surface area contributed by atoms with Crippen molar-refractivity contribution in [2.24, 2.45) is 5.73 Å². The average Bonchev–Trinajstić information content (AvgIpc) is 3.31. The molecule has 37 heavy (non-hydrogen) atoms. The first kappa shape index (κ1) is 23.9. The van der Waals surface area contributed by atoms with Gasteiger partial charge in [-0.2, -0.15) is 9.61 Å². The van der Waals surface area contributed by atoms with Crippen LogP contribution in [-0.4, -0.2) is 38.8 Å². The lowest BCUT2D eigenvalue weighted by Crippen LogP contribution is -2.27. The first-order valence-electron chi connectivity index (χ1n) is 12.9. The Kier molecular flexibility index (Phi) is 6.56. The molecule has 7 nitrogen and oxygen atoms in total. The standard InChI is InChI=1S/C28H30F2N6O/c29-23-13-19(17-7-10-37-11-8-17)14-24(30)27(23)25-5-4-21-15-33-28(36(21)35-25)34-26-16-32-9-6-22(26)18-2-1-3-20(31)12-18/h4-6,9,13-18,20H,1-3,7-8,10-12,31H2,(H,33,34)/t18-,20+/m1/s1. The van der Waals surface area contributed by atoms with Crippen molar-refractivity contribution >= 4 is 17.2 Å². The Morgan fingerprint density at radius 3 is 2.57 bits per heavy atom. The number of benzene rings is 1. The van der Waals surface area contributed by atoms with Crippen LogP contribution in [0.5, 0.6) is 0 Å². The van der Waals surface area contributed by atoms with Crippen LogP contribution >= 0.6 is 0 Å². The third kappa shape index (κ3) is 4.81. The molecule has 2 aliphatic rings. The van der Waals surface area contributed by atoms with Crippen molar-refractivity contribution < 1.29 is 13.5 Å². The number of anilines is 2. The van der Waals surface area contributed by atoms with E-state index in [1.807, 2.05) is 6.07 Å². The minimum Gasteiger partial charge on any atom is -0.381 e. The van der Waals surface area contributed by atoms with Crippen LogP contribution < -0.4 is 11.1 Å². The lowest BCUT2D eigenvalue weighted by molar-refractivity contribution is 0.0852. The molecule has 2 atom stereocenters. The lowest BCUT2D eigenvalue weighted by Gasteiger charge is -2.28. The van der Waals surface area contributed by atoms with Gasteiger partial charge in [-0.25, -0.2) is 13.8 Å². The predicted octanol–water partition coefficient (Wildman–Crippen LogP) is 5.69. The molecule has 9 heteroatoms. The quantitative estimate of drug-likeness (QED) is 0.363. The fraction of sp³-hybridized carbons (Fsp3) is 0.393. The van der Waals surface area contributed by atoms with Gasteiger partial charge in [-0.05, 0) is 85.4 Å². The molecular formula is C28H30F2N6O. The minimum absolute atomic E-state index is 0.0964. The molecule has 1 saturated heterocycles. The van der Waals surface area contributed by atoms with Gasteiger partial charge in [0.05, 0.1) is 34.9 Å². The van der Waals surface area contributed by atoms with Gasteiger partial charge in [-0.3, -0.25) is 4.98 Å². The fourth-order valence-electron chi connectivity index (χ4n) is 5.70. The third-order valence-corrected chi connectivity index (χ3v) is 7.65. The highest BCUT2D eigenvalue weighted by atomic mass is 19.1. The molecule has 1 aromatic carbocycles. The molecule has 192 valence electrons. The van der Waals surface area contributed by atoms with Crippen molar-refractivity contribution in [2.45, 2.75) is 56.4 Å². The van der Waals surface area contributed by atoms with E-state index in [-0.39, 0.29) is 23.2 Å². The van der Waals surface area contributed by atoms with Gasteiger partial charge in [-0.15, -0.1) is 0 Å². The summed E-state index contributed by atoms with van der Waals surface area (Å²) in [5, 5.41) is 7.93. The smallest absolute Gasteiger partial charge is 0.229 e. The second kappa shape index (κ2) is 10.1. The molecule has 0 bridgehead atoms. The van der Waals surface area contributed by atoms with Crippen molar-refractivity contribution in [1.82, 2.24) is 19.6 Å². The van der Waals surface area contributed by atoms with Gasteiger partial charge >= 0.3 is 0 Å². The summed E-state index contributed by atoms with van der Waals surface area (Å²) in [5.41, 5.74) is 9.64. The SMILES string of the molecule is N[C@H]1CCC[C@@H](c2ccncc2Nc2ncc3ccc(-c4c(F)cc(C5CCOCC5)cc4F)nn23)C1. The summed E-state index contributed by atoms with van der Waals surface area (Å²) in [7, 11) is 0. The van der Waals surface area contributed by atoms with Gasteiger partial charge in [0.2, 0.25) is 5.95 Å². The molecule has 1 aliphatic heterocycles. The molecule has 6 rings (SSSR count). The van der Waals surface area contributed by atoms with E-state index in [1.165, 1.54) is 12.1 Å². The van der Waals surface area contributed by atoms with E-state index in [4.69, 9.17) is 10.5 Å². The fourth-order valence-corrected chi connectivity index (χ4v) is 5.70. The van der Waals surface area contributed by atoms with Gasteiger partial charge in [0.1, 0.15) is 11.6 Å². The van der Waals surface area contributed by atoms with Crippen LogP contribution in [0.1, 0.15) is 61.5 Å². The monoisotopic (exact) mass is 504 g/mol. The molecule has 0 spiro atoms. The van der Waals surface area contributed by atoms with Gasteiger partial charge in [0.25, 0.3) is 0 Å². The highest BCUT2D eigenvalue weighted by Gasteiger charge is 2.24. The Morgan fingerprint density at radius 1 is 0.973 bits per heavy atom. The number of nitrogens with two attached hydrogens (primary N) is 1. The maximum Gasteiger partial charge on any atom is 0.229 e. The van der Waals surface area contributed by atoms with Crippen LogP contribution in [0.2, 0.25) is 0 Å². The number of nitrogens with zero attached hydrogens (tertiary/aromatic N) is 4. The van der Waals surface area contributed by atoms with Crippen molar-refractivity contribution in [2.75, 3.05) is 18.5 Å². The number of imidazole rings is 1. The average molecular weight is 505 g/mol. The van der Waals surface area contributed by atoms with E-state index >= 15 is 8.78 Å². The van der Waals surface area contributed by atoms with E-state index in [1.54, 1.807) is 35.2 Å². The van der Waals surface area contributed by atoms with Crippen LogP contribution in [0.25, 0.3) is 16.8 Å². The van der Waals surface area contributed by atoms with Crippen LogP contribution in [0.15, 0.2) is 48.9 Å². The number of aromatic nitrogens is 4. The summed E-state index contributed by atoms with van der Waals surface area (Å²) in [4.78, 5) is 8.78. The predicted molar refractivity (Wildman–Crippen MR) is 138 cm³/mol. The van der Waals surface area contributed by atoms with E-state index in [9.17, 15) is 0 Å². The summed E-state index contributed by atoms with van der Waals surface area (Å²) in [6.07, 6.45) is 10.9. The maximum absolute atomic E-state index is 15.2. The third-order valence-electron chi connectivity index (χ3n) is 7.65. The van der Waals surface area contributed by atoms with E-state index in [2.05, 4.69) is 20.4 Å². The summed E-state index contributed by atoms with van der Waals surface area (Å²) in [5.74, 6) is -0.358. The van der Waals surface area contributed by atoms with E-state index in [0.29, 0.717) is 36.2 Å². The summed E-state index contributed by atoms with van der Waals surface area (Å²) in [6, 6.07) is 8.46. The van der Waals surface area contributed by atoms with Crippen LogP contribution in [0, 0.1) is 11.6 Å². The maximum atomic E-state index is 15.2. The molecule has 2 fully saturated rings. The van der Waals surface area contributed by atoms with Gasteiger partial charge in [0.15, 0.2) is 0 Å². The normalized spacial score (nSPS) is 20.8. The molecule has 3 aromatic heterocycles. The molecule has 1 saturated carbocycles. The van der Waals surface area contributed by atoms with E-state index < -0.39 is 11.6 Å². The molecule has 0 amide bonds. The second-order valence-electron chi connectivity index (χ2n) is 10.1. The highest BCUT2D eigenvalue weighted by Crippen LogP contribution is 2.37. The van der Waals surface area contributed by atoms with Crippen molar-refractivity contribution in [3.8, 4) is 11.3 Å². The Morgan fingerprint density at radius 2 is 1.78 bits per heavy atom. The van der Waals surface area contributed by atoms with Gasteiger partial charge in [0, 0.05) is 25.5 Å². The number of fused-ring (bicyclic) bond motifs is 1. The Hall–Kier alpha value is -3.43. The topological polar surface area (TPSA) is 90.4 Å². The first-order valence-corrected chi connectivity index (χ1v) is 12.9. The van der Waals surface area contributed by atoms with Crippen molar-refractivity contribution in [3.63, 3.8) is 0 Å². The number of nitrogens with one attached hydrogen (secondary N) is 1. The van der Waals surface area contributed by atoms with Crippen molar-refractivity contribution in [1.29, 1.82) is 0 Å². The molecule has 0 radical (unpaired) electrons. The molecule has 0 unspecified atom stereocenters. The number of hydrogen-bond acceptors (Lipinski definition) is 6. The molecule has 4 aromatic rings. The molecular weight excluding hydrogens is 474 g/mol. The molecule has 3 N–H and O–H groups in total. The summed E-state index contributed by atoms with van der Waals surface area (Å²) < 4.78 is 37.5. The number of halogens is 2. The van der Waals surface area contributed by atoms with Gasteiger partial charge in [-0.1, -0.05) is 6.42 Å². The summed E-state index contributed by atoms with van der Waals surface area (Å²) >= 11 is 0. The number of rotatable bonds is 5. The largest absolute Gasteiger partial charge is 0.381 e.